The van der Waals surface area contributed by atoms with Crippen LogP contribution in [-0.2, 0) is 4.79 Å². The maximum atomic E-state index is 12.8. The first-order chi connectivity index (χ1) is 14.0. The van der Waals surface area contributed by atoms with E-state index in [-0.39, 0.29) is 11.9 Å². The van der Waals surface area contributed by atoms with Crippen molar-refractivity contribution in [3.63, 3.8) is 0 Å². The second kappa shape index (κ2) is 10.9. The molecule has 1 aromatic heterocycles. The highest BCUT2D eigenvalue weighted by molar-refractivity contribution is 8.04. The Labute approximate surface area is 191 Å². The molecule has 0 N–H and O–H groups in total. The molecule has 29 heavy (non-hydrogen) atoms. The van der Waals surface area contributed by atoms with Crippen LogP contribution < -0.4 is 0 Å². The van der Waals surface area contributed by atoms with Crippen molar-refractivity contribution in [2.24, 2.45) is 0 Å². The second-order valence-electron chi connectivity index (χ2n) is 7.30. The van der Waals surface area contributed by atoms with Crippen LogP contribution in [0.1, 0.15) is 44.3 Å². The monoisotopic (exact) mass is 468 g/mol. The van der Waals surface area contributed by atoms with Crippen molar-refractivity contribution in [3.8, 4) is 0 Å². The Morgan fingerprint density at radius 1 is 1.21 bits per heavy atom. The van der Waals surface area contributed by atoms with E-state index in [4.69, 9.17) is 23.2 Å². The zero-order valence-corrected chi connectivity index (χ0v) is 19.8. The van der Waals surface area contributed by atoms with E-state index < -0.39 is 0 Å². The average Bonchev–Trinajstić information content (AvgIpc) is 2.75. The molecule has 0 saturated heterocycles. The molecule has 2 aromatic rings. The van der Waals surface area contributed by atoms with Crippen LogP contribution in [0.4, 0.5) is 0 Å². The summed E-state index contributed by atoms with van der Waals surface area (Å²) in [6.07, 6.45) is 6.47. The van der Waals surface area contributed by atoms with Crippen LogP contribution in [0, 0.1) is 0 Å². The molecular formula is C22H26Cl2N2OS2. The zero-order chi connectivity index (χ0) is 20.8. The number of hydrogen-bond acceptors (Lipinski definition) is 4. The Bertz CT molecular complexity index is 822. The zero-order valence-electron chi connectivity index (χ0n) is 16.7. The third kappa shape index (κ3) is 6.30. The molecule has 1 aliphatic rings. The van der Waals surface area contributed by atoms with Crippen LogP contribution in [-0.4, -0.2) is 39.1 Å². The van der Waals surface area contributed by atoms with Gasteiger partial charge in [-0.15, -0.1) is 23.5 Å². The van der Waals surface area contributed by atoms with Crippen LogP contribution in [0.5, 0.6) is 0 Å². The Morgan fingerprint density at radius 3 is 2.69 bits per heavy atom. The molecule has 1 heterocycles. The summed E-state index contributed by atoms with van der Waals surface area (Å²) < 4.78 is 0. The van der Waals surface area contributed by atoms with E-state index in [1.165, 1.54) is 12.8 Å². The van der Waals surface area contributed by atoms with Crippen molar-refractivity contribution in [1.29, 1.82) is 0 Å². The lowest BCUT2D eigenvalue weighted by atomic mass is 10.00. The minimum atomic E-state index is -0.0360. The molecule has 156 valence electrons. The second-order valence-corrected chi connectivity index (χ2v) is 10.7. The van der Waals surface area contributed by atoms with E-state index in [9.17, 15) is 4.79 Å². The van der Waals surface area contributed by atoms with Gasteiger partial charge in [-0.2, -0.15) is 0 Å². The molecule has 3 atom stereocenters. The van der Waals surface area contributed by atoms with Crippen LogP contribution in [0.3, 0.4) is 0 Å². The fourth-order valence-corrected chi connectivity index (χ4v) is 6.85. The van der Waals surface area contributed by atoms with Crippen LogP contribution in [0.25, 0.3) is 0 Å². The number of hydrogen-bond donors (Lipinski definition) is 0. The lowest BCUT2D eigenvalue weighted by molar-refractivity contribution is -0.129. The SMILES string of the molecule is CC(c1ccccn1)N(C)C(=O)CSC1CCCCC1Sc1cc(Cl)ccc1Cl. The molecule has 0 bridgehead atoms. The summed E-state index contributed by atoms with van der Waals surface area (Å²) in [6.45, 7) is 2.02. The Balaban J connectivity index is 1.58. The fraction of sp³-hybridized carbons (Fsp3) is 0.455. The molecule has 3 nitrogen and oxygen atoms in total. The van der Waals surface area contributed by atoms with Gasteiger partial charge in [-0.3, -0.25) is 9.78 Å². The summed E-state index contributed by atoms with van der Waals surface area (Å²) in [7, 11) is 1.86. The van der Waals surface area contributed by atoms with E-state index in [2.05, 4.69) is 4.98 Å². The van der Waals surface area contributed by atoms with Crippen molar-refractivity contribution >= 4 is 52.6 Å². The first kappa shape index (κ1) is 22.8. The number of nitrogens with zero attached hydrogens (tertiary/aromatic N) is 2. The molecule has 7 heteroatoms. The summed E-state index contributed by atoms with van der Waals surface area (Å²) in [5, 5.41) is 2.33. The van der Waals surface area contributed by atoms with Crippen molar-refractivity contribution < 1.29 is 4.79 Å². The topological polar surface area (TPSA) is 33.2 Å². The lowest BCUT2D eigenvalue weighted by Crippen LogP contribution is -2.33. The summed E-state index contributed by atoms with van der Waals surface area (Å²) >= 11 is 16.1. The molecule has 0 spiro atoms. The number of pyridine rings is 1. The normalized spacial score (nSPS) is 20.3. The number of thioether (sulfide) groups is 2. The molecule has 1 saturated carbocycles. The van der Waals surface area contributed by atoms with Crippen molar-refractivity contribution in [1.82, 2.24) is 9.88 Å². The summed E-state index contributed by atoms with van der Waals surface area (Å²) in [5.74, 6) is 0.627. The van der Waals surface area contributed by atoms with Gasteiger partial charge in [-0.05, 0) is 50.1 Å². The maximum absolute atomic E-state index is 12.8. The lowest BCUT2D eigenvalue weighted by Gasteiger charge is -2.32. The smallest absolute Gasteiger partial charge is 0.232 e. The minimum Gasteiger partial charge on any atom is -0.337 e. The predicted octanol–water partition coefficient (Wildman–Crippen LogP) is 6.74. The number of amides is 1. The van der Waals surface area contributed by atoms with Crippen LogP contribution in [0.15, 0.2) is 47.5 Å². The highest BCUT2D eigenvalue weighted by Crippen LogP contribution is 2.42. The average molecular weight is 470 g/mol. The maximum Gasteiger partial charge on any atom is 0.232 e. The number of halogens is 2. The molecule has 1 fully saturated rings. The van der Waals surface area contributed by atoms with Gasteiger partial charge in [0, 0.05) is 33.7 Å². The Morgan fingerprint density at radius 2 is 1.97 bits per heavy atom. The van der Waals surface area contributed by atoms with Gasteiger partial charge in [0.05, 0.1) is 22.5 Å². The van der Waals surface area contributed by atoms with E-state index in [1.54, 1.807) is 34.6 Å². The van der Waals surface area contributed by atoms with Gasteiger partial charge in [0.25, 0.3) is 0 Å². The van der Waals surface area contributed by atoms with Crippen molar-refractivity contribution in [2.75, 3.05) is 12.8 Å². The first-order valence-corrected chi connectivity index (χ1v) is 12.5. The fourth-order valence-electron chi connectivity index (χ4n) is 3.44. The van der Waals surface area contributed by atoms with Crippen molar-refractivity contribution in [3.05, 3.63) is 58.3 Å². The molecular weight excluding hydrogens is 443 g/mol. The van der Waals surface area contributed by atoms with Gasteiger partial charge < -0.3 is 4.90 Å². The molecule has 1 amide bonds. The van der Waals surface area contributed by atoms with Gasteiger partial charge in [0.2, 0.25) is 5.91 Å². The van der Waals surface area contributed by atoms with Gasteiger partial charge in [-0.1, -0.05) is 42.1 Å². The third-order valence-corrected chi connectivity index (χ3v) is 9.04. The van der Waals surface area contributed by atoms with E-state index in [0.717, 1.165) is 28.5 Å². The molecule has 3 unspecified atom stereocenters. The van der Waals surface area contributed by atoms with Gasteiger partial charge in [-0.25, -0.2) is 0 Å². The quantitative estimate of drug-likeness (QED) is 0.449. The van der Waals surface area contributed by atoms with E-state index in [0.29, 0.717) is 21.3 Å². The molecule has 1 aliphatic carbocycles. The summed E-state index contributed by atoms with van der Waals surface area (Å²) in [4.78, 5) is 20.0. The number of carbonyl (C=O) groups is 1. The largest absolute Gasteiger partial charge is 0.337 e. The number of benzene rings is 1. The first-order valence-electron chi connectivity index (χ1n) is 9.85. The Hall–Kier alpha value is -0.880. The van der Waals surface area contributed by atoms with Gasteiger partial charge in [0.15, 0.2) is 0 Å². The van der Waals surface area contributed by atoms with Gasteiger partial charge >= 0.3 is 0 Å². The minimum absolute atomic E-state index is 0.0360. The highest BCUT2D eigenvalue weighted by Gasteiger charge is 2.29. The molecule has 0 radical (unpaired) electrons. The standard InChI is InChI=1S/C22H26Cl2N2OS2/c1-15(18-7-5-6-12-25-18)26(2)22(27)14-28-19-8-3-4-9-20(19)29-21-13-16(23)10-11-17(21)24/h5-7,10-13,15,19-20H,3-4,8-9,14H2,1-2H3. The van der Waals surface area contributed by atoms with Gasteiger partial charge in [0.1, 0.15) is 0 Å². The summed E-state index contributed by atoms with van der Waals surface area (Å²) in [6, 6.07) is 11.4. The Kier molecular flexibility index (Phi) is 8.60. The predicted molar refractivity (Wildman–Crippen MR) is 126 cm³/mol. The summed E-state index contributed by atoms with van der Waals surface area (Å²) in [5.41, 5.74) is 0.912. The van der Waals surface area contributed by atoms with E-state index in [1.807, 2.05) is 50.4 Å². The number of aromatic nitrogens is 1. The van der Waals surface area contributed by atoms with Crippen LogP contribution >= 0.6 is 46.7 Å². The van der Waals surface area contributed by atoms with E-state index >= 15 is 0 Å². The van der Waals surface area contributed by atoms with Crippen molar-refractivity contribution in [2.45, 2.75) is 54.0 Å². The number of carbonyl (C=O) groups excluding carboxylic acids is 1. The molecule has 1 aromatic carbocycles. The van der Waals surface area contributed by atoms with Crippen LogP contribution in [0.2, 0.25) is 10.0 Å². The molecule has 0 aliphatic heterocycles. The highest BCUT2D eigenvalue weighted by atomic mass is 35.5. The number of rotatable bonds is 7. The molecule has 3 rings (SSSR count). The third-order valence-electron chi connectivity index (χ3n) is 5.32.